The maximum Gasteiger partial charge on any atom is 0.259 e. The Kier molecular flexibility index (Phi) is 3.61. The van der Waals surface area contributed by atoms with Gasteiger partial charge in [0.2, 0.25) is 0 Å². The van der Waals surface area contributed by atoms with Crippen LogP contribution in [-0.4, -0.2) is 22.4 Å². The Morgan fingerprint density at radius 1 is 1.12 bits per heavy atom. The number of amides is 1. The Morgan fingerprint density at radius 3 is 2.42 bits per heavy atom. The van der Waals surface area contributed by atoms with Crippen molar-refractivity contribution in [2.45, 2.75) is 38.5 Å². The molecule has 6 rings (SSSR count). The van der Waals surface area contributed by atoms with Crippen LogP contribution in [0.2, 0.25) is 0 Å². The molecule has 0 aliphatic heterocycles. The number of carbonyl (C=O) groups is 1. The van der Waals surface area contributed by atoms with Crippen LogP contribution in [0.4, 0.5) is 0 Å². The van der Waals surface area contributed by atoms with E-state index in [1.807, 2.05) is 0 Å². The Bertz CT molecular complexity index is 971. The number of rotatable bonds is 3. The number of nitrogens with one attached hydrogen (secondary N) is 3. The fourth-order valence-corrected chi connectivity index (χ4v) is 6.39. The van der Waals surface area contributed by atoms with Gasteiger partial charge in [-0.05, 0) is 92.1 Å². The van der Waals surface area contributed by atoms with Crippen molar-refractivity contribution < 1.29 is 4.79 Å². The van der Waals surface area contributed by atoms with Gasteiger partial charge in [-0.3, -0.25) is 14.6 Å². The minimum atomic E-state index is -0.232. The van der Waals surface area contributed by atoms with Crippen molar-refractivity contribution in [3.05, 3.63) is 38.9 Å². The molecule has 2 aromatic rings. The number of carbonyl (C=O) groups excluding carboxylic acids is 1. The van der Waals surface area contributed by atoms with E-state index >= 15 is 0 Å². The van der Waals surface area contributed by atoms with Crippen LogP contribution >= 0.6 is 12.2 Å². The highest BCUT2D eigenvalue weighted by atomic mass is 32.1. The average Bonchev–Trinajstić information content (AvgIpc) is 2.58. The molecule has 4 saturated carbocycles. The van der Waals surface area contributed by atoms with Gasteiger partial charge in [0.1, 0.15) is 0 Å². The number of H-pyrrole nitrogens is 2. The zero-order chi connectivity index (χ0) is 17.9. The summed E-state index contributed by atoms with van der Waals surface area (Å²) >= 11 is 5.02. The number of hydrogen-bond donors (Lipinski definition) is 3. The Morgan fingerprint density at radius 2 is 1.77 bits per heavy atom. The predicted molar refractivity (Wildman–Crippen MR) is 103 cm³/mol. The first-order chi connectivity index (χ1) is 12.5. The number of benzene rings is 1. The first-order valence-corrected chi connectivity index (χ1v) is 9.95. The molecule has 1 heterocycles. The molecule has 4 aliphatic carbocycles. The van der Waals surface area contributed by atoms with Crippen LogP contribution in [0.15, 0.2) is 23.0 Å². The lowest BCUT2D eigenvalue weighted by Crippen LogP contribution is -2.51. The van der Waals surface area contributed by atoms with Crippen LogP contribution in [0.5, 0.6) is 0 Å². The highest BCUT2D eigenvalue weighted by Gasteiger charge is 2.50. The van der Waals surface area contributed by atoms with Gasteiger partial charge in [-0.25, -0.2) is 0 Å². The van der Waals surface area contributed by atoms with Crippen LogP contribution < -0.4 is 10.9 Å². The van der Waals surface area contributed by atoms with Gasteiger partial charge in [0.15, 0.2) is 4.77 Å². The standard InChI is InChI=1S/C20H23N3O2S/c24-17(14-1-2-15-16(6-14)22-19(26)23-18(15)25)21-10-20-7-11-3-12(8-20)5-13(4-11)9-20/h1-2,6,11-13H,3-5,7-10H2,(H,21,24)(H2,22,23,25,26). The van der Waals surface area contributed by atoms with Crippen molar-refractivity contribution in [2.75, 3.05) is 6.54 Å². The van der Waals surface area contributed by atoms with E-state index in [-0.39, 0.29) is 16.2 Å². The van der Waals surface area contributed by atoms with Crippen molar-refractivity contribution in [2.24, 2.45) is 23.2 Å². The zero-order valence-electron chi connectivity index (χ0n) is 14.6. The minimum Gasteiger partial charge on any atom is -0.351 e. The van der Waals surface area contributed by atoms with Gasteiger partial charge in [-0.2, -0.15) is 0 Å². The normalized spacial score (nSPS) is 32.1. The van der Waals surface area contributed by atoms with E-state index in [4.69, 9.17) is 12.2 Å². The highest BCUT2D eigenvalue weighted by molar-refractivity contribution is 7.71. The maximum atomic E-state index is 12.7. The summed E-state index contributed by atoms with van der Waals surface area (Å²) in [7, 11) is 0. The SMILES string of the molecule is O=C(NCC12CC3CC(CC(C3)C1)C2)c1ccc2c(=O)[nH]c(=S)[nH]c2c1. The molecule has 0 radical (unpaired) electrons. The van der Waals surface area contributed by atoms with E-state index in [1.165, 1.54) is 38.5 Å². The molecule has 136 valence electrons. The van der Waals surface area contributed by atoms with E-state index in [2.05, 4.69) is 15.3 Å². The molecule has 1 aromatic heterocycles. The summed E-state index contributed by atoms with van der Waals surface area (Å²) in [6.07, 6.45) is 8.06. The number of fused-ring (bicyclic) bond motifs is 1. The van der Waals surface area contributed by atoms with Crippen molar-refractivity contribution >= 4 is 29.0 Å². The summed E-state index contributed by atoms with van der Waals surface area (Å²) in [5.41, 5.74) is 1.25. The minimum absolute atomic E-state index is 0.0674. The third-order valence-corrected chi connectivity index (χ3v) is 6.99. The number of hydrogen-bond acceptors (Lipinski definition) is 3. The molecule has 0 unspecified atom stereocenters. The van der Waals surface area contributed by atoms with Gasteiger partial charge in [0, 0.05) is 12.1 Å². The van der Waals surface area contributed by atoms with E-state index in [9.17, 15) is 9.59 Å². The molecule has 3 N–H and O–H groups in total. The average molecular weight is 369 g/mol. The van der Waals surface area contributed by atoms with Crippen molar-refractivity contribution in [1.82, 2.24) is 15.3 Å². The molecule has 1 amide bonds. The van der Waals surface area contributed by atoms with Crippen LogP contribution in [0.3, 0.4) is 0 Å². The smallest absolute Gasteiger partial charge is 0.259 e. The molecule has 0 atom stereocenters. The van der Waals surface area contributed by atoms with E-state index in [0.717, 1.165) is 24.3 Å². The summed E-state index contributed by atoms with van der Waals surface area (Å²) in [5, 5.41) is 3.70. The topological polar surface area (TPSA) is 77.8 Å². The molecule has 1 aromatic carbocycles. The fourth-order valence-electron chi connectivity index (χ4n) is 6.19. The quantitative estimate of drug-likeness (QED) is 0.724. The second-order valence-corrected chi connectivity index (χ2v) is 9.18. The van der Waals surface area contributed by atoms with Crippen LogP contribution in [0, 0.1) is 27.9 Å². The van der Waals surface area contributed by atoms with E-state index in [0.29, 0.717) is 21.9 Å². The van der Waals surface area contributed by atoms with Crippen molar-refractivity contribution in [3.63, 3.8) is 0 Å². The molecule has 0 spiro atoms. The molecule has 26 heavy (non-hydrogen) atoms. The third-order valence-electron chi connectivity index (χ3n) is 6.79. The predicted octanol–water partition coefficient (Wildman–Crippen LogP) is 3.53. The van der Waals surface area contributed by atoms with Gasteiger partial charge < -0.3 is 10.3 Å². The van der Waals surface area contributed by atoms with Gasteiger partial charge >= 0.3 is 0 Å². The van der Waals surface area contributed by atoms with Crippen molar-refractivity contribution in [3.8, 4) is 0 Å². The highest BCUT2D eigenvalue weighted by Crippen LogP contribution is 2.59. The second-order valence-electron chi connectivity index (χ2n) is 8.77. The van der Waals surface area contributed by atoms with Gasteiger partial charge in [0.25, 0.3) is 11.5 Å². The first kappa shape index (κ1) is 16.2. The van der Waals surface area contributed by atoms with Gasteiger partial charge in [0.05, 0.1) is 10.9 Å². The Balaban J connectivity index is 1.35. The fraction of sp³-hybridized carbons (Fsp3) is 0.550. The molecule has 6 heteroatoms. The lowest BCUT2D eigenvalue weighted by molar-refractivity contribution is -0.0503. The number of aromatic nitrogens is 2. The van der Waals surface area contributed by atoms with Gasteiger partial charge in [-0.1, -0.05) is 0 Å². The Hall–Kier alpha value is -1.95. The summed E-state index contributed by atoms with van der Waals surface area (Å²) in [5.74, 6) is 2.57. The molecule has 4 aliphatic rings. The molecular weight excluding hydrogens is 346 g/mol. The molecule has 4 bridgehead atoms. The summed E-state index contributed by atoms with van der Waals surface area (Å²) < 4.78 is 0.272. The molecule has 0 saturated heterocycles. The summed E-state index contributed by atoms with van der Waals surface area (Å²) in [6, 6.07) is 5.11. The monoisotopic (exact) mass is 369 g/mol. The lowest BCUT2D eigenvalue weighted by Gasteiger charge is -2.56. The molecular formula is C20H23N3O2S. The van der Waals surface area contributed by atoms with Crippen LogP contribution in [-0.2, 0) is 0 Å². The molecule has 4 fully saturated rings. The van der Waals surface area contributed by atoms with Gasteiger partial charge in [-0.15, -0.1) is 0 Å². The summed E-state index contributed by atoms with van der Waals surface area (Å²) in [6.45, 7) is 0.777. The largest absolute Gasteiger partial charge is 0.351 e. The summed E-state index contributed by atoms with van der Waals surface area (Å²) in [4.78, 5) is 30.2. The molecule has 5 nitrogen and oxygen atoms in total. The first-order valence-electron chi connectivity index (χ1n) is 9.54. The lowest BCUT2D eigenvalue weighted by atomic mass is 9.49. The van der Waals surface area contributed by atoms with E-state index < -0.39 is 0 Å². The van der Waals surface area contributed by atoms with E-state index in [1.54, 1.807) is 18.2 Å². The zero-order valence-corrected chi connectivity index (χ0v) is 15.5. The number of aromatic amines is 2. The van der Waals surface area contributed by atoms with Crippen molar-refractivity contribution in [1.29, 1.82) is 0 Å². The van der Waals surface area contributed by atoms with Crippen LogP contribution in [0.25, 0.3) is 10.9 Å². The second kappa shape index (κ2) is 5.78. The Labute approximate surface area is 156 Å². The third kappa shape index (κ3) is 2.71. The maximum absolute atomic E-state index is 12.7. The van der Waals surface area contributed by atoms with Crippen LogP contribution in [0.1, 0.15) is 48.9 Å².